The summed E-state index contributed by atoms with van der Waals surface area (Å²) < 4.78 is 62.4. The van der Waals surface area contributed by atoms with E-state index < -0.39 is 25.8 Å². The molecule has 0 spiro atoms. The van der Waals surface area contributed by atoms with Gasteiger partial charge in [-0.25, -0.2) is 16.8 Å². The summed E-state index contributed by atoms with van der Waals surface area (Å²) in [4.78, 5) is 12.6. The van der Waals surface area contributed by atoms with Crippen LogP contribution in [0.5, 0.6) is 5.75 Å². The molecule has 11 heteroatoms. The third-order valence-corrected chi connectivity index (χ3v) is 7.70. The molecule has 0 atom stereocenters. The number of carbonyl (C=O) groups excluding carboxylic acids is 1. The lowest BCUT2D eigenvalue weighted by Gasteiger charge is -2.27. The molecular formula is C20H24N2O7S2. The monoisotopic (exact) mass is 468 g/mol. The van der Waals surface area contributed by atoms with Crippen molar-refractivity contribution in [3.8, 4) is 5.75 Å². The van der Waals surface area contributed by atoms with Crippen molar-refractivity contribution in [2.24, 2.45) is 0 Å². The Hall–Kier alpha value is -2.47. The predicted molar refractivity (Wildman–Crippen MR) is 115 cm³/mol. The minimum atomic E-state index is -3.89. The predicted octanol–water partition coefficient (Wildman–Crippen LogP) is 1.76. The molecule has 2 aromatic rings. The fourth-order valence-corrected chi connectivity index (χ4v) is 5.62. The lowest BCUT2D eigenvalue weighted by molar-refractivity contribution is 0.0729. The first kappa shape index (κ1) is 23.2. The van der Waals surface area contributed by atoms with Crippen LogP contribution in [0.3, 0.4) is 0 Å². The van der Waals surface area contributed by atoms with E-state index in [0.717, 1.165) is 6.26 Å². The molecule has 1 N–H and O–H groups in total. The highest BCUT2D eigenvalue weighted by Gasteiger charge is 2.30. The van der Waals surface area contributed by atoms with Crippen LogP contribution in [0.25, 0.3) is 0 Å². The van der Waals surface area contributed by atoms with E-state index in [-0.39, 0.29) is 46.5 Å². The minimum Gasteiger partial charge on any atom is -0.492 e. The average molecular weight is 469 g/mol. The van der Waals surface area contributed by atoms with Gasteiger partial charge in [0.2, 0.25) is 10.0 Å². The number of ether oxygens (including phenoxy) is 2. The summed E-state index contributed by atoms with van der Waals surface area (Å²) in [5.74, 6) is -0.497. The number of hydrogen-bond donors (Lipinski definition) is 1. The highest BCUT2D eigenvalue weighted by molar-refractivity contribution is 7.90. The van der Waals surface area contributed by atoms with Crippen LogP contribution in [-0.2, 0) is 24.6 Å². The second kappa shape index (κ2) is 9.35. The summed E-state index contributed by atoms with van der Waals surface area (Å²) in [6.07, 6.45) is 1.02. The molecule has 2 aromatic carbocycles. The van der Waals surface area contributed by atoms with Gasteiger partial charge in [0.15, 0.2) is 9.84 Å². The Morgan fingerprint density at radius 2 is 1.74 bits per heavy atom. The van der Waals surface area contributed by atoms with Gasteiger partial charge in [-0.1, -0.05) is 12.1 Å². The van der Waals surface area contributed by atoms with Gasteiger partial charge in [-0.2, -0.15) is 4.31 Å². The van der Waals surface area contributed by atoms with Crippen LogP contribution in [0.2, 0.25) is 0 Å². The molecule has 0 aromatic heterocycles. The molecule has 0 radical (unpaired) electrons. The van der Waals surface area contributed by atoms with Crippen LogP contribution in [0.1, 0.15) is 17.3 Å². The van der Waals surface area contributed by atoms with Gasteiger partial charge in [-0.05, 0) is 37.3 Å². The molecule has 1 aliphatic heterocycles. The molecule has 0 bridgehead atoms. The van der Waals surface area contributed by atoms with Gasteiger partial charge in [-0.3, -0.25) is 4.79 Å². The smallest absolute Gasteiger partial charge is 0.256 e. The van der Waals surface area contributed by atoms with Crippen LogP contribution in [0.15, 0.2) is 52.3 Å². The van der Waals surface area contributed by atoms with Gasteiger partial charge in [-0.15, -0.1) is 0 Å². The van der Waals surface area contributed by atoms with E-state index in [9.17, 15) is 21.6 Å². The van der Waals surface area contributed by atoms with Crippen molar-refractivity contribution in [2.75, 3.05) is 44.5 Å². The van der Waals surface area contributed by atoms with Crippen molar-refractivity contribution in [1.82, 2.24) is 4.31 Å². The molecule has 1 fully saturated rings. The highest BCUT2D eigenvalue weighted by atomic mass is 32.2. The zero-order valence-electron chi connectivity index (χ0n) is 17.2. The standard InChI is InChI=1S/C20H24N2O7S2/c1-3-29-17-9-8-15(14-19(17)31(26,27)22-10-12-28-13-11-22)21-20(23)16-6-4-5-7-18(16)30(2,24)25/h4-9,14H,3,10-13H2,1-2H3,(H,21,23). The van der Waals surface area contributed by atoms with Crippen molar-refractivity contribution in [1.29, 1.82) is 0 Å². The van der Waals surface area contributed by atoms with Crippen molar-refractivity contribution in [2.45, 2.75) is 16.7 Å². The molecule has 9 nitrogen and oxygen atoms in total. The van der Waals surface area contributed by atoms with E-state index in [1.54, 1.807) is 13.0 Å². The molecule has 168 valence electrons. The van der Waals surface area contributed by atoms with E-state index in [2.05, 4.69) is 5.32 Å². The quantitative estimate of drug-likeness (QED) is 0.658. The van der Waals surface area contributed by atoms with Crippen LogP contribution >= 0.6 is 0 Å². The number of amides is 1. The first-order chi connectivity index (χ1) is 14.6. The molecule has 1 saturated heterocycles. The Kier molecular flexibility index (Phi) is 6.99. The van der Waals surface area contributed by atoms with E-state index in [1.807, 2.05) is 0 Å². The van der Waals surface area contributed by atoms with E-state index in [4.69, 9.17) is 9.47 Å². The minimum absolute atomic E-state index is 0.0310. The summed E-state index contributed by atoms with van der Waals surface area (Å²) in [5, 5.41) is 2.59. The normalized spacial score (nSPS) is 15.4. The van der Waals surface area contributed by atoms with Crippen molar-refractivity contribution < 1.29 is 31.1 Å². The summed E-state index contributed by atoms with van der Waals surface area (Å²) in [6, 6.07) is 10.1. The number of rotatable bonds is 7. The molecule has 31 heavy (non-hydrogen) atoms. The fraction of sp³-hybridized carbons (Fsp3) is 0.350. The Labute approximate surface area is 181 Å². The molecular weight excluding hydrogens is 444 g/mol. The maximum atomic E-state index is 13.2. The van der Waals surface area contributed by atoms with Gasteiger partial charge < -0.3 is 14.8 Å². The molecule has 0 unspecified atom stereocenters. The van der Waals surface area contributed by atoms with Gasteiger partial charge in [0.25, 0.3) is 5.91 Å². The van der Waals surface area contributed by atoms with Gasteiger partial charge in [0.05, 0.1) is 30.3 Å². The zero-order chi connectivity index (χ0) is 22.6. The first-order valence-corrected chi connectivity index (χ1v) is 12.9. The summed E-state index contributed by atoms with van der Waals surface area (Å²) in [5.41, 5.74) is 0.167. The van der Waals surface area contributed by atoms with E-state index >= 15 is 0 Å². The maximum Gasteiger partial charge on any atom is 0.256 e. The molecule has 0 saturated carbocycles. The zero-order valence-corrected chi connectivity index (χ0v) is 18.8. The van der Waals surface area contributed by atoms with Gasteiger partial charge in [0.1, 0.15) is 10.6 Å². The van der Waals surface area contributed by atoms with Crippen molar-refractivity contribution >= 4 is 31.5 Å². The molecule has 0 aliphatic carbocycles. The van der Waals surface area contributed by atoms with Crippen LogP contribution in [-0.4, -0.2) is 66.2 Å². The van der Waals surface area contributed by atoms with Crippen molar-refractivity contribution in [3.63, 3.8) is 0 Å². The molecule has 1 heterocycles. The Morgan fingerprint density at radius 3 is 2.39 bits per heavy atom. The second-order valence-corrected chi connectivity index (χ2v) is 10.7. The lowest BCUT2D eigenvalue weighted by atomic mass is 10.2. The largest absolute Gasteiger partial charge is 0.492 e. The SMILES string of the molecule is CCOc1ccc(NC(=O)c2ccccc2S(C)(=O)=O)cc1S(=O)(=O)N1CCOCC1. The van der Waals surface area contributed by atoms with Crippen LogP contribution in [0, 0.1) is 0 Å². The average Bonchev–Trinajstić information content (AvgIpc) is 2.75. The number of benzene rings is 2. The number of sulfone groups is 1. The Bertz CT molecular complexity index is 1170. The second-order valence-electron chi connectivity index (χ2n) is 6.83. The Balaban J connectivity index is 1.97. The fourth-order valence-electron chi connectivity index (χ4n) is 3.16. The first-order valence-electron chi connectivity index (χ1n) is 9.59. The molecule has 1 aliphatic rings. The van der Waals surface area contributed by atoms with Crippen LogP contribution in [0.4, 0.5) is 5.69 Å². The van der Waals surface area contributed by atoms with Gasteiger partial charge >= 0.3 is 0 Å². The van der Waals surface area contributed by atoms with Gasteiger partial charge in [0, 0.05) is 25.0 Å². The number of nitrogens with zero attached hydrogens (tertiary/aromatic N) is 1. The number of morpholine rings is 1. The molecule has 3 rings (SSSR count). The van der Waals surface area contributed by atoms with E-state index in [0.29, 0.717) is 13.2 Å². The van der Waals surface area contributed by atoms with Crippen LogP contribution < -0.4 is 10.1 Å². The summed E-state index contributed by atoms with van der Waals surface area (Å²) in [7, 11) is -7.51. The van der Waals surface area contributed by atoms with E-state index in [1.165, 1.54) is 40.7 Å². The maximum absolute atomic E-state index is 13.2. The number of nitrogens with one attached hydrogen (secondary N) is 1. The summed E-state index contributed by atoms with van der Waals surface area (Å²) >= 11 is 0. The Morgan fingerprint density at radius 1 is 1.06 bits per heavy atom. The third-order valence-electron chi connectivity index (χ3n) is 4.62. The summed E-state index contributed by atoms with van der Waals surface area (Å²) in [6.45, 7) is 3.02. The number of anilines is 1. The number of sulfonamides is 1. The topological polar surface area (TPSA) is 119 Å². The lowest BCUT2D eigenvalue weighted by Crippen LogP contribution is -2.40. The highest BCUT2D eigenvalue weighted by Crippen LogP contribution is 2.31. The molecule has 1 amide bonds. The number of carbonyl (C=O) groups is 1. The number of hydrogen-bond acceptors (Lipinski definition) is 7. The third kappa shape index (κ3) is 5.24. The van der Waals surface area contributed by atoms with Crippen molar-refractivity contribution in [3.05, 3.63) is 48.0 Å².